The zero-order chi connectivity index (χ0) is 20.2. The molecule has 0 radical (unpaired) electrons. The Bertz CT molecular complexity index is 494. The van der Waals surface area contributed by atoms with Gasteiger partial charge in [-0.05, 0) is 0 Å². The summed E-state index contributed by atoms with van der Waals surface area (Å²) < 4.78 is 196. The van der Waals surface area contributed by atoms with Crippen LogP contribution >= 0.6 is 0 Å². The Kier molecular flexibility index (Phi) is 5.25. The summed E-state index contributed by atoms with van der Waals surface area (Å²) in [6, 6.07) is 0. The van der Waals surface area contributed by atoms with Crippen LogP contribution in [0.5, 0.6) is 0 Å². The average molecular weight is 400 g/mol. The van der Waals surface area contributed by atoms with Gasteiger partial charge in [0.25, 0.3) is 0 Å². The average Bonchev–Trinajstić information content (AvgIpc) is 2.21. The van der Waals surface area contributed by atoms with E-state index in [4.69, 9.17) is 0 Å². The number of alkyl halides is 15. The maximum absolute atomic E-state index is 13.4. The Labute approximate surface area is 119 Å². The molecule has 0 heterocycles. The summed E-state index contributed by atoms with van der Waals surface area (Å²) in [5, 5.41) is 0. The number of hydrogen-bond acceptors (Lipinski definition) is 0. The molecule has 0 aromatic heterocycles. The zero-order valence-electron chi connectivity index (χ0n) is 10.0. The largest absolute Gasteiger partial charge is 0.457 e. The Hall–Kier alpha value is -1.38. The van der Waals surface area contributed by atoms with Gasteiger partial charge in [-0.1, -0.05) is 0 Å². The molecule has 24 heavy (non-hydrogen) atoms. The van der Waals surface area contributed by atoms with Crippen molar-refractivity contribution in [1.82, 2.24) is 0 Å². The minimum atomic E-state index is -8.11. The van der Waals surface area contributed by atoms with Crippen molar-refractivity contribution in [3.63, 3.8) is 0 Å². The third kappa shape index (κ3) is 3.50. The van der Waals surface area contributed by atoms with Gasteiger partial charge in [-0.2, -0.15) is 61.5 Å². The van der Waals surface area contributed by atoms with Gasteiger partial charge in [0.05, 0.1) is 0 Å². The van der Waals surface area contributed by atoms with Gasteiger partial charge in [0.2, 0.25) is 5.83 Å². The van der Waals surface area contributed by atoms with Gasteiger partial charge in [0.1, 0.15) is 5.57 Å². The lowest BCUT2D eigenvalue weighted by Crippen LogP contribution is -2.65. The highest BCUT2D eigenvalue weighted by Crippen LogP contribution is 2.60. The quantitative estimate of drug-likeness (QED) is 0.514. The standard InChI is InChI=1S/C8F16/c9-2(5(14,15)16)1(4(11,12)13)3(10,7(19,20)21)6(17,18)8(22,23)24. The predicted octanol–water partition coefficient (Wildman–Crippen LogP) is 5.80. The molecule has 1 atom stereocenters. The van der Waals surface area contributed by atoms with E-state index in [0.717, 1.165) is 0 Å². The van der Waals surface area contributed by atoms with Crippen molar-refractivity contribution in [2.45, 2.75) is 36.3 Å². The Balaban J connectivity index is 7.23. The number of hydrogen-bond donors (Lipinski definition) is 0. The molecule has 0 amide bonds. The molecule has 144 valence electrons. The van der Waals surface area contributed by atoms with Crippen LogP contribution in [0.25, 0.3) is 0 Å². The molecule has 0 N–H and O–H groups in total. The smallest absolute Gasteiger partial charge is 0.221 e. The third-order valence-electron chi connectivity index (χ3n) is 2.28. The van der Waals surface area contributed by atoms with Crippen molar-refractivity contribution in [2.24, 2.45) is 0 Å². The lowest BCUT2D eigenvalue weighted by Gasteiger charge is -2.38. The van der Waals surface area contributed by atoms with E-state index in [1.165, 1.54) is 0 Å². The van der Waals surface area contributed by atoms with Crippen molar-refractivity contribution in [1.29, 1.82) is 0 Å². The highest BCUT2D eigenvalue weighted by Gasteiger charge is 2.86. The second-order valence-corrected chi connectivity index (χ2v) is 3.91. The maximum atomic E-state index is 13.4. The van der Waals surface area contributed by atoms with Gasteiger partial charge in [0.15, 0.2) is 0 Å². The van der Waals surface area contributed by atoms with E-state index in [9.17, 15) is 70.2 Å². The first-order chi connectivity index (χ1) is 10.0. The molecule has 0 nitrogen and oxygen atoms in total. The SMILES string of the molecule is FC(=C(C(F)(F)F)C(F)(C(F)(F)F)C(F)(F)C(F)(F)F)C(F)(F)F. The zero-order valence-corrected chi connectivity index (χ0v) is 10.0. The first-order valence-corrected chi connectivity index (χ1v) is 4.77. The lowest BCUT2D eigenvalue weighted by molar-refractivity contribution is -0.380. The molecule has 0 aromatic carbocycles. The fraction of sp³-hybridized carbons (Fsp3) is 0.750. The molecule has 0 aliphatic heterocycles. The van der Waals surface area contributed by atoms with Crippen molar-refractivity contribution in [3.05, 3.63) is 11.4 Å². The van der Waals surface area contributed by atoms with Gasteiger partial charge < -0.3 is 0 Å². The summed E-state index contributed by atoms with van der Waals surface area (Å²) >= 11 is 0. The summed E-state index contributed by atoms with van der Waals surface area (Å²) in [6.45, 7) is 0. The van der Waals surface area contributed by atoms with Gasteiger partial charge in [-0.25, -0.2) is 8.78 Å². The van der Waals surface area contributed by atoms with E-state index >= 15 is 0 Å². The van der Waals surface area contributed by atoms with Gasteiger partial charge in [-0.15, -0.1) is 0 Å². The van der Waals surface area contributed by atoms with Crippen LogP contribution in [0.4, 0.5) is 70.2 Å². The molecule has 1 unspecified atom stereocenters. The molecule has 0 rings (SSSR count). The van der Waals surface area contributed by atoms with E-state index in [2.05, 4.69) is 0 Å². The third-order valence-corrected chi connectivity index (χ3v) is 2.28. The van der Waals surface area contributed by atoms with E-state index in [-0.39, 0.29) is 0 Å². The van der Waals surface area contributed by atoms with Crippen LogP contribution in [0.2, 0.25) is 0 Å². The predicted molar refractivity (Wildman–Crippen MR) is 41.1 cm³/mol. The van der Waals surface area contributed by atoms with Crippen molar-refractivity contribution < 1.29 is 70.2 Å². The molecule has 0 saturated carbocycles. The van der Waals surface area contributed by atoms with Gasteiger partial charge in [-0.3, -0.25) is 0 Å². The summed E-state index contributed by atoms with van der Waals surface area (Å²) in [4.78, 5) is 0. The van der Waals surface area contributed by atoms with E-state index in [1.54, 1.807) is 0 Å². The molecule has 0 saturated heterocycles. The van der Waals surface area contributed by atoms with Crippen LogP contribution in [0, 0.1) is 0 Å². The Morgan fingerprint density at radius 1 is 0.458 bits per heavy atom. The second-order valence-electron chi connectivity index (χ2n) is 3.91. The first kappa shape index (κ1) is 22.6. The summed E-state index contributed by atoms with van der Waals surface area (Å²) in [5.74, 6) is -13.2. The monoisotopic (exact) mass is 400 g/mol. The summed E-state index contributed by atoms with van der Waals surface area (Å²) in [7, 11) is 0. The van der Waals surface area contributed by atoms with Gasteiger partial charge >= 0.3 is 36.3 Å². The molecular weight excluding hydrogens is 400 g/mol. The second kappa shape index (κ2) is 5.57. The number of halogens is 16. The Morgan fingerprint density at radius 2 is 0.792 bits per heavy atom. The van der Waals surface area contributed by atoms with Crippen LogP contribution in [0.1, 0.15) is 0 Å². The fourth-order valence-electron chi connectivity index (χ4n) is 1.28. The molecule has 16 heteroatoms. The number of allylic oxidation sites excluding steroid dienone is 2. The fourth-order valence-corrected chi connectivity index (χ4v) is 1.28. The summed E-state index contributed by atoms with van der Waals surface area (Å²) in [5.41, 5.74) is -13.5. The molecule has 0 aromatic rings. The normalized spacial score (nSPS) is 19.0. The van der Waals surface area contributed by atoms with Gasteiger partial charge in [0, 0.05) is 0 Å². The van der Waals surface area contributed by atoms with Crippen LogP contribution in [-0.2, 0) is 0 Å². The first-order valence-electron chi connectivity index (χ1n) is 4.77. The molecule has 0 bridgehead atoms. The van der Waals surface area contributed by atoms with Crippen LogP contribution in [0.3, 0.4) is 0 Å². The Morgan fingerprint density at radius 3 is 0.958 bits per heavy atom. The molecule has 0 spiro atoms. The maximum Gasteiger partial charge on any atom is 0.457 e. The van der Waals surface area contributed by atoms with Crippen LogP contribution in [-0.4, -0.2) is 36.3 Å². The van der Waals surface area contributed by atoms with Crippen molar-refractivity contribution >= 4 is 0 Å². The molecule has 0 aliphatic rings. The number of rotatable bonds is 2. The van der Waals surface area contributed by atoms with E-state index in [0.29, 0.717) is 0 Å². The summed E-state index contributed by atoms with van der Waals surface area (Å²) in [6.07, 6.45) is -30.4. The van der Waals surface area contributed by atoms with E-state index in [1.807, 2.05) is 0 Å². The minimum Gasteiger partial charge on any atom is -0.221 e. The van der Waals surface area contributed by atoms with Crippen LogP contribution in [0.15, 0.2) is 11.4 Å². The molecular formula is C8F16. The molecule has 0 aliphatic carbocycles. The highest BCUT2D eigenvalue weighted by molar-refractivity contribution is 5.34. The lowest BCUT2D eigenvalue weighted by atomic mass is 9.86. The van der Waals surface area contributed by atoms with Crippen molar-refractivity contribution in [2.75, 3.05) is 0 Å². The topological polar surface area (TPSA) is 0 Å². The van der Waals surface area contributed by atoms with Crippen molar-refractivity contribution in [3.8, 4) is 0 Å². The van der Waals surface area contributed by atoms with E-state index < -0.39 is 47.7 Å². The van der Waals surface area contributed by atoms with Crippen LogP contribution < -0.4 is 0 Å². The molecule has 0 fully saturated rings. The highest BCUT2D eigenvalue weighted by atomic mass is 19.4. The minimum absolute atomic E-state index is 5.14.